The second kappa shape index (κ2) is 9.39. The number of likely N-dealkylation sites (tertiary alicyclic amines) is 1. The van der Waals surface area contributed by atoms with Crippen LogP contribution in [-0.4, -0.2) is 53.8 Å². The normalized spacial score (nSPS) is 18.8. The van der Waals surface area contributed by atoms with E-state index in [-0.39, 0.29) is 30.2 Å². The van der Waals surface area contributed by atoms with Crippen molar-refractivity contribution >= 4 is 11.8 Å². The smallest absolute Gasteiger partial charge is 0.240 e. The third-order valence-electron chi connectivity index (χ3n) is 6.04. The second-order valence-corrected chi connectivity index (χ2v) is 8.15. The maximum Gasteiger partial charge on any atom is 0.240 e. The Labute approximate surface area is 176 Å². The molecule has 0 radical (unpaired) electrons. The monoisotopic (exact) mass is 409 g/mol. The van der Waals surface area contributed by atoms with Crippen LogP contribution in [0.25, 0.3) is 0 Å². The van der Waals surface area contributed by atoms with Crippen LogP contribution in [0, 0.1) is 5.82 Å². The molecule has 2 amide bonds. The van der Waals surface area contributed by atoms with Crippen LogP contribution in [-0.2, 0) is 29.0 Å². The fourth-order valence-electron chi connectivity index (χ4n) is 4.37. The van der Waals surface area contributed by atoms with E-state index in [2.05, 4.69) is 17.4 Å². The van der Waals surface area contributed by atoms with Gasteiger partial charge >= 0.3 is 0 Å². The Morgan fingerprint density at radius 3 is 2.43 bits per heavy atom. The molecule has 30 heavy (non-hydrogen) atoms. The molecule has 1 fully saturated rings. The van der Waals surface area contributed by atoms with Crippen LogP contribution in [0.5, 0.6) is 0 Å². The SMILES string of the molecule is O=C(CN1Cc2ccccc2C[C@H]1C(=O)N1CCCC1)NCCc1ccc(F)cc1. The first-order chi connectivity index (χ1) is 14.6. The summed E-state index contributed by atoms with van der Waals surface area (Å²) in [6.45, 7) is 2.91. The first kappa shape index (κ1) is 20.5. The van der Waals surface area contributed by atoms with Crippen molar-refractivity contribution in [3.8, 4) is 0 Å². The molecule has 6 heteroatoms. The highest BCUT2D eigenvalue weighted by molar-refractivity contribution is 5.84. The largest absolute Gasteiger partial charge is 0.355 e. The summed E-state index contributed by atoms with van der Waals surface area (Å²) < 4.78 is 13.0. The molecule has 2 aromatic carbocycles. The van der Waals surface area contributed by atoms with Crippen molar-refractivity contribution in [2.45, 2.75) is 38.3 Å². The van der Waals surface area contributed by atoms with Gasteiger partial charge in [-0.15, -0.1) is 0 Å². The van der Waals surface area contributed by atoms with Gasteiger partial charge in [0.2, 0.25) is 11.8 Å². The first-order valence-corrected chi connectivity index (χ1v) is 10.7. The molecular formula is C24H28FN3O2. The Morgan fingerprint density at radius 2 is 1.70 bits per heavy atom. The molecule has 2 aliphatic rings. The minimum absolute atomic E-state index is 0.0873. The predicted octanol–water partition coefficient (Wildman–Crippen LogP) is 2.53. The molecule has 0 aromatic heterocycles. The number of hydrogen-bond acceptors (Lipinski definition) is 3. The third-order valence-corrected chi connectivity index (χ3v) is 6.04. The van der Waals surface area contributed by atoms with E-state index in [4.69, 9.17) is 0 Å². The Kier molecular flexibility index (Phi) is 6.43. The summed E-state index contributed by atoms with van der Waals surface area (Å²) in [7, 11) is 0. The predicted molar refractivity (Wildman–Crippen MR) is 113 cm³/mol. The van der Waals surface area contributed by atoms with Gasteiger partial charge < -0.3 is 10.2 Å². The number of carbonyl (C=O) groups is 2. The zero-order valence-corrected chi connectivity index (χ0v) is 17.1. The van der Waals surface area contributed by atoms with Crippen molar-refractivity contribution < 1.29 is 14.0 Å². The van der Waals surface area contributed by atoms with Crippen LogP contribution in [0.2, 0.25) is 0 Å². The number of benzene rings is 2. The van der Waals surface area contributed by atoms with E-state index in [9.17, 15) is 14.0 Å². The summed E-state index contributed by atoms with van der Waals surface area (Å²) in [4.78, 5) is 29.7. The van der Waals surface area contributed by atoms with Crippen LogP contribution in [0.4, 0.5) is 4.39 Å². The molecule has 1 atom stereocenters. The Bertz CT molecular complexity index is 894. The highest BCUT2D eigenvalue weighted by Crippen LogP contribution is 2.25. The van der Waals surface area contributed by atoms with Crippen molar-refractivity contribution in [2.24, 2.45) is 0 Å². The number of nitrogens with zero attached hydrogens (tertiary/aromatic N) is 2. The van der Waals surface area contributed by atoms with Gasteiger partial charge in [-0.3, -0.25) is 14.5 Å². The number of rotatable bonds is 6. The zero-order valence-electron chi connectivity index (χ0n) is 17.1. The molecular weight excluding hydrogens is 381 g/mol. The van der Waals surface area contributed by atoms with Gasteiger partial charge in [0, 0.05) is 26.2 Å². The van der Waals surface area contributed by atoms with Gasteiger partial charge in [0.05, 0.1) is 12.6 Å². The van der Waals surface area contributed by atoms with Gasteiger partial charge in [-0.2, -0.15) is 0 Å². The molecule has 0 unspecified atom stereocenters. The molecule has 2 aromatic rings. The Balaban J connectivity index is 1.38. The van der Waals surface area contributed by atoms with E-state index < -0.39 is 0 Å². The lowest BCUT2D eigenvalue weighted by atomic mass is 9.93. The van der Waals surface area contributed by atoms with Crippen molar-refractivity contribution in [3.63, 3.8) is 0 Å². The fourth-order valence-corrected chi connectivity index (χ4v) is 4.37. The maximum atomic E-state index is 13.2. The summed E-state index contributed by atoms with van der Waals surface area (Å²) >= 11 is 0. The van der Waals surface area contributed by atoms with E-state index in [0.29, 0.717) is 25.9 Å². The molecule has 0 spiro atoms. The quantitative estimate of drug-likeness (QED) is 0.798. The van der Waals surface area contributed by atoms with E-state index in [1.165, 1.54) is 23.3 Å². The minimum atomic E-state index is -0.291. The molecule has 0 aliphatic carbocycles. The van der Waals surface area contributed by atoms with Gasteiger partial charge in [0.1, 0.15) is 5.82 Å². The molecule has 5 nitrogen and oxygen atoms in total. The lowest BCUT2D eigenvalue weighted by Gasteiger charge is -2.37. The fraction of sp³-hybridized carbons (Fsp3) is 0.417. The van der Waals surface area contributed by atoms with Crippen molar-refractivity contribution in [1.82, 2.24) is 15.1 Å². The summed E-state index contributed by atoms with van der Waals surface area (Å²) in [6.07, 6.45) is 3.40. The summed E-state index contributed by atoms with van der Waals surface area (Å²) in [5, 5.41) is 2.95. The van der Waals surface area contributed by atoms with Crippen LogP contribution in [0.1, 0.15) is 29.5 Å². The highest BCUT2D eigenvalue weighted by Gasteiger charge is 2.35. The number of hydrogen-bond donors (Lipinski definition) is 1. The molecule has 2 heterocycles. The molecule has 0 saturated carbocycles. The molecule has 158 valence electrons. The van der Waals surface area contributed by atoms with Crippen LogP contribution in [0.3, 0.4) is 0 Å². The van der Waals surface area contributed by atoms with Crippen LogP contribution in [0.15, 0.2) is 48.5 Å². The van der Waals surface area contributed by atoms with E-state index in [0.717, 1.165) is 31.5 Å². The maximum absolute atomic E-state index is 13.2. The van der Waals surface area contributed by atoms with Gasteiger partial charge in [0.25, 0.3) is 0 Å². The number of nitrogens with one attached hydrogen (secondary N) is 1. The van der Waals surface area contributed by atoms with Crippen molar-refractivity contribution in [1.29, 1.82) is 0 Å². The number of amides is 2. The van der Waals surface area contributed by atoms with E-state index in [1.807, 2.05) is 21.9 Å². The van der Waals surface area contributed by atoms with Gasteiger partial charge in [-0.1, -0.05) is 36.4 Å². The van der Waals surface area contributed by atoms with E-state index >= 15 is 0 Å². The summed E-state index contributed by atoms with van der Waals surface area (Å²) in [6, 6.07) is 14.2. The number of fused-ring (bicyclic) bond motifs is 1. The molecule has 1 saturated heterocycles. The Morgan fingerprint density at radius 1 is 1.00 bits per heavy atom. The summed E-state index contributed by atoms with van der Waals surface area (Å²) in [5.74, 6) is -0.210. The molecule has 0 bridgehead atoms. The average molecular weight is 410 g/mol. The van der Waals surface area contributed by atoms with E-state index in [1.54, 1.807) is 12.1 Å². The average Bonchev–Trinajstić information content (AvgIpc) is 3.29. The topological polar surface area (TPSA) is 52.7 Å². The number of carbonyl (C=O) groups excluding carboxylic acids is 2. The van der Waals surface area contributed by atoms with Crippen LogP contribution < -0.4 is 5.32 Å². The second-order valence-electron chi connectivity index (χ2n) is 8.15. The zero-order chi connectivity index (χ0) is 20.9. The van der Waals surface area contributed by atoms with Crippen molar-refractivity contribution in [3.05, 3.63) is 71.0 Å². The molecule has 2 aliphatic heterocycles. The molecule has 1 N–H and O–H groups in total. The van der Waals surface area contributed by atoms with Crippen molar-refractivity contribution in [2.75, 3.05) is 26.2 Å². The highest BCUT2D eigenvalue weighted by atomic mass is 19.1. The summed E-state index contributed by atoms with van der Waals surface area (Å²) in [5.41, 5.74) is 3.36. The third kappa shape index (κ3) is 4.87. The minimum Gasteiger partial charge on any atom is -0.355 e. The number of halogens is 1. The lowest BCUT2D eigenvalue weighted by molar-refractivity contribution is -0.137. The molecule has 4 rings (SSSR count). The van der Waals surface area contributed by atoms with Crippen LogP contribution >= 0.6 is 0 Å². The van der Waals surface area contributed by atoms with Gasteiger partial charge in [-0.05, 0) is 54.5 Å². The Hall–Kier alpha value is -2.73. The first-order valence-electron chi connectivity index (χ1n) is 10.7. The van der Waals surface area contributed by atoms with Gasteiger partial charge in [0.15, 0.2) is 0 Å². The lowest BCUT2D eigenvalue weighted by Crippen LogP contribution is -2.53. The standard InChI is InChI=1S/C24H28FN3O2/c25-21-9-7-18(8-10-21)11-12-26-23(29)17-28-16-20-6-2-1-5-19(20)15-22(28)24(30)27-13-3-4-14-27/h1-2,5-10,22H,3-4,11-17H2,(H,26,29)/t22-/m0/s1. The van der Waals surface area contributed by atoms with Gasteiger partial charge in [-0.25, -0.2) is 4.39 Å².